The van der Waals surface area contributed by atoms with Crippen LogP contribution in [0, 0.1) is 5.92 Å². The largest absolute Gasteiger partial charge is 0.453 e. The van der Waals surface area contributed by atoms with E-state index >= 15 is 0 Å². The van der Waals surface area contributed by atoms with Crippen molar-refractivity contribution in [3.8, 4) is 5.75 Å². The van der Waals surface area contributed by atoms with Crippen LogP contribution >= 0.6 is 7.72 Å². The van der Waals surface area contributed by atoms with Gasteiger partial charge in [0.25, 0.3) is 6.35 Å². The van der Waals surface area contributed by atoms with Gasteiger partial charge in [-0.15, -0.1) is 0 Å². The van der Waals surface area contributed by atoms with Gasteiger partial charge in [0.15, 0.2) is 0 Å². The van der Waals surface area contributed by atoms with Crippen LogP contribution in [0.25, 0.3) is 0 Å². The summed E-state index contributed by atoms with van der Waals surface area (Å²) in [6, 6.07) is 9.46. The Morgan fingerprint density at radius 3 is 2.62 bits per heavy atom. The highest BCUT2D eigenvalue weighted by molar-refractivity contribution is 7.68. The molecule has 0 heterocycles. The first kappa shape index (κ1) is 16.4. The lowest BCUT2D eigenvalue weighted by atomic mass is 9.89. The van der Waals surface area contributed by atoms with Gasteiger partial charge in [-0.25, -0.2) is 9.79 Å². The number of benzene rings is 1. The molecule has 0 fully saturated rings. The Kier molecular flexibility index (Phi) is 5.77. The Bertz CT molecular complexity index is 474. The topological polar surface area (TPSA) is 75.7 Å². The maximum Gasteiger partial charge on any atom is 0.334 e. The Labute approximate surface area is 127 Å². The summed E-state index contributed by atoms with van der Waals surface area (Å²) >= 11 is 0. The van der Waals surface area contributed by atoms with Crippen LogP contribution in [-0.2, 0) is 0 Å². The minimum absolute atomic E-state index is 0.0409. The molecule has 1 aromatic rings. The zero-order valence-electron chi connectivity index (χ0n) is 12.5. The van der Waals surface area contributed by atoms with E-state index in [1.165, 1.54) is 0 Å². The molecule has 0 spiro atoms. The third-order valence-corrected chi connectivity index (χ3v) is 5.63. The smallest absolute Gasteiger partial charge is 0.334 e. The van der Waals surface area contributed by atoms with Crippen LogP contribution in [0.4, 0.5) is 0 Å². The van der Waals surface area contributed by atoms with Crippen LogP contribution in [0.5, 0.6) is 5.75 Å². The standard InChI is InChI=1S/C16H25NO3P/c1-13(17)11-14-7-9-16(10-8-14)21(18,19)12-20-15-5-3-2-4-6-15/h2-6,9,13-14,18-19H,7-8,10-12,17H2,1H3/q+1/t13-,14?/m1/s1. The van der Waals surface area contributed by atoms with Gasteiger partial charge in [0.2, 0.25) is 0 Å². The average molecular weight is 310 g/mol. The van der Waals surface area contributed by atoms with Crippen LogP contribution in [0.15, 0.2) is 41.7 Å². The molecule has 0 amide bonds. The van der Waals surface area contributed by atoms with Crippen LogP contribution in [0.3, 0.4) is 0 Å². The molecule has 1 unspecified atom stereocenters. The SMILES string of the molecule is C[C@@H](N)CC1CC=C([P+](O)(O)COc2ccccc2)CC1. The van der Waals surface area contributed by atoms with Gasteiger partial charge in [0, 0.05) is 12.5 Å². The Morgan fingerprint density at radius 1 is 1.33 bits per heavy atom. The zero-order chi connectivity index (χ0) is 15.3. The number of ether oxygens (including phenoxy) is 1. The summed E-state index contributed by atoms with van der Waals surface area (Å²) < 4.78 is 5.50. The normalized spacial score (nSPS) is 20.8. The lowest BCUT2D eigenvalue weighted by molar-refractivity contribution is 0.333. The highest BCUT2D eigenvalue weighted by Crippen LogP contribution is 2.61. The zero-order valence-corrected chi connectivity index (χ0v) is 13.4. The number of allylic oxidation sites excluding steroid dienone is 2. The van der Waals surface area contributed by atoms with E-state index in [9.17, 15) is 9.79 Å². The molecule has 0 bridgehead atoms. The molecule has 21 heavy (non-hydrogen) atoms. The fraction of sp³-hybridized carbons (Fsp3) is 0.500. The number of para-hydroxylation sites is 1. The Balaban J connectivity index is 1.89. The van der Waals surface area contributed by atoms with E-state index in [1.807, 2.05) is 43.3 Å². The van der Waals surface area contributed by atoms with E-state index in [0.29, 0.717) is 11.7 Å². The van der Waals surface area contributed by atoms with Gasteiger partial charge in [-0.1, -0.05) is 18.2 Å². The minimum atomic E-state index is -3.14. The first-order chi connectivity index (χ1) is 9.97. The van der Waals surface area contributed by atoms with Crippen molar-refractivity contribution in [3.63, 3.8) is 0 Å². The second-order valence-electron chi connectivity index (χ2n) is 5.87. The Hall–Kier alpha value is -0.930. The van der Waals surface area contributed by atoms with Crippen LogP contribution < -0.4 is 10.5 Å². The Morgan fingerprint density at radius 2 is 2.05 bits per heavy atom. The predicted molar refractivity (Wildman–Crippen MR) is 87.0 cm³/mol. The number of rotatable bonds is 6. The predicted octanol–water partition coefficient (Wildman–Crippen LogP) is 3.28. The van der Waals surface area contributed by atoms with E-state index in [2.05, 4.69) is 0 Å². The van der Waals surface area contributed by atoms with Gasteiger partial charge in [0.1, 0.15) is 11.1 Å². The molecule has 2 rings (SSSR count). The van der Waals surface area contributed by atoms with Gasteiger partial charge in [-0.3, -0.25) is 0 Å². The van der Waals surface area contributed by atoms with E-state index in [1.54, 1.807) is 0 Å². The van der Waals surface area contributed by atoms with E-state index in [4.69, 9.17) is 10.5 Å². The molecule has 1 aliphatic rings. The summed E-state index contributed by atoms with van der Waals surface area (Å²) in [5.41, 5.74) is 5.82. The van der Waals surface area contributed by atoms with Crippen molar-refractivity contribution in [2.75, 3.05) is 6.35 Å². The van der Waals surface area contributed by atoms with E-state index < -0.39 is 7.72 Å². The summed E-state index contributed by atoms with van der Waals surface area (Å²) in [4.78, 5) is 20.6. The lowest BCUT2D eigenvalue weighted by Gasteiger charge is -2.24. The minimum Gasteiger partial charge on any atom is -0.453 e. The highest BCUT2D eigenvalue weighted by Gasteiger charge is 2.41. The van der Waals surface area contributed by atoms with Gasteiger partial charge in [-0.05, 0) is 50.3 Å². The third-order valence-electron chi connectivity index (χ3n) is 3.82. The van der Waals surface area contributed by atoms with Crippen molar-refractivity contribution >= 4 is 7.72 Å². The average Bonchev–Trinajstić information content (AvgIpc) is 2.46. The van der Waals surface area contributed by atoms with Gasteiger partial charge in [-0.2, -0.15) is 0 Å². The van der Waals surface area contributed by atoms with Gasteiger partial charge >= 0.3 is 7.72 Å². The van der Waals surface area contributed by atoms with Crippen molar-refractivity contribution in [2.45, 2.75) is 38.6 Å². The van der Waals surface area contributed by atoms with E-state index in [-0.39, 0.29) is 12.4 Å². The first-order valence-corrected chi connectivity index (χ1v) is 9.32. The van der Waals surface area contributed by atoms with Crippen molar-refractivity contribution in [2.24, 2.45) is 11.7 Å². The molecule has 116 valence electrons. The summed E-state index contributed by atoms with van der Waals surface area (Å²) in [6.45, 7) is 2.02. The molecule has 4 N–H and O–H groups in total. The maximum absolute atomic E-state index is 10.3. The van der Waals surface area contributed by atoms with Crippen molar-refractivity contribution < 1.29 is 14.5 Å². The van der Waals surface area contributed by atoms with Crippen LogP contribution in [-0.4, -0.2) is 22.2 Å². The summed E-state index contributed by atoms with van der Waals surface area (Å²) in [7, 11) is -3.14. The first-order valence-electron chi connectivity index (χ1n) is 7.44. The summed E-state index contributed by atoms with van der Waals surface area (Å²) in [6.07, 6.45) is 5.52. The summed E-state index contributed by atoms with van der Waals surface area (Å²) in [5.74, 6) is 1.22. The maximum atomic E-state index is 10.3. The molecule has 1 aliphatic carbocycles. The molecule has 0 saturated carbocycles. The van der Waals surface area contributed by atoms with Crippen molar-refractivity contribution in [3.05, 3.63) is 41.7 Å². The van der Waals surface area contributed by atoms with Crippen molar-refractivity contribution in [1.29, 1.82) is 0 Å². The van der Waals surface area contributed by atoms with Crippen molar-refractivity contribution in [1.82, 2.24) is 0 Å². The number of hydrogen-bond acceptors (Lipinski definition) is 4. The quantitative estimate of drug-likeness (QED) is 0.705. The molecular formula is C16H25NO3P+. The fourth-order valence-corrected chi connectivity index (χ4v) is 4.08. The molecule has 2 atom stereocenters. The second-order valence-corrected chi connectivity index (χ2v) is 8.16. The fourth-order valence-electron chi connectivity index (χ4n) is 2.70. The van der Waals surface area contributed by atoms with Crippen LogP contribution in [0.1, 0.15) is 32.6 Å². The number of nitrogens with two attached hydrogens (primary N) is 1. The second kappa shape index (κ2) is 7.37. The van der Waals surface area contributed by atoms with Crippen LogP contribution in [0.2, 0.25) is 0 Å². The molecule has 1 aromatic carbocycles. The molecule has 0 aromatic heterocycles. The number of hydrogen-bond donors (Lipinski definition) is 3. The molecule has 0 aliphatic heterocycles. The molecule has 0 radical (unpaired) electrons. The van der Waals surface area contributed by atoms with E-state index in [0.717, 1.165) is 31.0 Å². The van der Waals surface area contributed by atoms with Gasteiger partial charge in [0.05, 0.1) is 0 Å². The molecular weight excluding hydrogens is 285 g/mol. The van der Waals surface area contributed by atoms with Gasteiger partial charge < -0.3 is 10.5 Å². The molecule has 4 nitrogen and oxygen atoms in total. The monoisotopic (exact) mass is 310 g/mol. The molecule has 5 heteroatoms. The third kappa shape index (κ3) is 5.08. The highest BCUT2D eigenvalue weighted by atomic mass is 31.2. The lowest BCUT2D eigenvalue weighted by Crippen LogP contribution is -2.21. The molecule has 0 saturated heterocycles. The summed E-state index contributed by atoms with van der Waals surface area (Å²) in [5, 5.41) is 0.763.